The number of hydrogen-bond acceptors (Lipinski definition) is 2. The Hall–Kier alpha value is -2.91. The van der Waals surface area contributed by atoms with Crippen LogP contribution in [0.3, 0.4) is 0 Å². The van der Waals surface area contributed by atoms with Gasteiger partial charge in [-0.2, -0.15) is 0 Å². The normalized spacial score (nSPS) is 18.0. The molecule has 1 aliphatic rings. The summed E-state index contributed by atoms with van der Waals surface area (Å²) in [5, 5.41) is 0.718. The Bertz CT molecular complexity index is 1230. The third-order valence-electron chi connectivity index (χ3n) is 6.03. The Balaban J connectivity index is 1.44. The summed E-state index contributed by atoms with van der Waals surface area (Å²) in [5.74, 6) is 0.220. The van der Waals surface area contributed by atoms with Crippen molar-refractivity contribution in [2.24, 2.45) is 0 Å². The van der Waals surface area contributed by atoms with Gasteiger partial charge in [0.15, 0.2) is 0 Å². The first-order chi connectivity index (χ1) is 16.1. The number of rotatable bonds is 6. The molecule has 1 fully saturated rings. The zero-order valence-corrected chi connectivity index (χ0v) is 20.5. The summed E-state index contributed by atoms with van der Waals surface area (Å²) in [6, 6.07) is 30.6. The van der Waals surface area contributed by atoms with E-state index in [1.807, 2.05) is 47.4 Å². The number of amides is 1. The molecule has 33 heavy (non-hydrogen) atoms. The minimum atomic E-state index is -0.411. The van der Waals surface area contributed by atoms with Gasteiger partial charge in [-0.1, -0.05) is 0 Å². The molecule has 0 aliphatic carbocycles. The molecule has 4 aromatic rings. The number of hydrogen-bond donors (Lipinski definition) is 0. The zero-order chi connectivity index (χ0) is 22.7. The van der Waals surface area contributed by atoms with Gasteiger partial charge in [0.25, 0.3) is 0 Å². The first-order valence-corrected chi connectivity index (χ1v) is 13.0. The molecule has 1 unspecified atom stereocenters. The van der Waals surface area contributed by atoms with Crippen LogP contribution in [-0.4, -0.2) is 32.4 Å². The third-order valence-corrected chi connectivity index (χ3v) is 9.26. The van der Waals surface area contributed by atoms with E-state index >= 15 is 0 Å². The fraction of sp³-hybridized carbons (Fsp3) is 0.143. The van der Waals surface area contributed by atoms with E-state index in [9.17, 15) is 4.79 Å². The fourth-order valence-corrected chi connectivity index (χ4v) is 7.32. The van der Waals surface area contributed by atoms with Crippen molar-refractivity contribution in [3.63, 3.8) is 0 Å². The Kier molecular flexibility index (Phi) is 6.32. The predicted octanol–water partition coefficient (Wildman–Crippen LogP) is 5.57. The van der Waals surface area contributed by atoms with Crippen molar-refractivity contribution >= 4 is 42.6 Å². The van der Waals surface area contributed by atoms with Crippen LogP contribution in [0.4, 0.5) is 5.69 Å². The molecule has 0 N–H and O–H groups in total. The van der Waals surface area contributed by atoms with Crippen LogP contribution >= 0.6 is 11.6 Å². The topological polar surface area (TPSA) is 33.2 Å². The summed E-state index contributed by atoms with van der Waals surface area (Å²) in [6.45, 7) is 0.732. The molecule has 3 nitrogen and oxygen atoms in total. The number of nitrogens with zero attached hydrogens (tertiary/aromatic N) is 2. The van der Waals surface area contributed by atoms with Gasteiger partial charge in [0.1, 0.15) is 0 Å². The van der Waals surface area contributed by atoms with E-state index in [2.05, 4.69) is 53.5 Å². The second kappa shape index (κ2) is 9.52. The zero-order valence-electron chi connectivity index (χ0n) is 18.0. The molecule has 5 heteroatoms. The molecule has 0 saturated carbocycles. The third kappa shape index (κ3) is 4.74. The Morgan fingerprint density at radius 3 is 2.21 bits per heavy atom. The van der Waals surface area contributed by atoms with Crippen molar-refractivity contribution in [1.29, 1.82) is 0 Å². The molecule has 5 rings (SSSR count). The number of benzene rings is 3. The van der Waals surface area contributed by atoms with Gasteiger partial charge in [0.05, 0.1) is 0 Å². The van der Waals surface area contributed by atoms with Crippen LogP contribution in [0.5, 0.6) is 0 Å². The van der Waals surface area contributed by atoms with E-state index in [-0.39, 0.29) is 20.9 Å². The van der Waals surface area contributed by atoms with E-state index in [1.54, 1.807) is 12.4 Å². The summed E-state index contributed by atoms with van der Waals surface area (Å²) >= 11 is 6.12. The first kappa shape index (κ1) is 21.9. The van der Waals surface area contributed by atoms with Gasteiger partial charge in [0.2, 0.25) is 0 Å². The molecule has 0 radical (unpaired) electrons. The number of pyridine rings is 1. The van der Waals surface area contributed by atoms with Gasteiger partial charge in [0, 0.05) is 0 Å². The summed E-state index contributed by atoms with van der Waals surface area (Å²) < 4.78 is 0.841. The van der Waals surface area contributed by atoms with Crippen LogP contribution in [0.2, 0.25) is 9.34 Å². The maximum atomic E-state index is 14.0. The summed E-state index contributed by atoms with van der Waals surface area (Å²) in [7, 11) is 0. The summed E-state index contributed by atoms with van der Waals surface area (Å²) in [5.41, 5.74) is 4.35. The average molecular weight is 518 g/mol. The molecular formula is C28H23ClN2OSe. The van der Waals surface area contributed by atoms with Crippen LogP contribution in [0, 0.1) is 0 Å². The predicted molar refractivity (Wildman–Crippen MR) is 136 cm³/mol. The van der Waals surface area contributed by atoms with E-state index in [0.717, 1.165) is 46.8 Å². The van der Waals surface area contributed by atoms with Gasteiger partial charge in [-0.05, 0) is 0 Å². The summed E-state index contributed by atoms with van der Waals surface area (Å²) in [4.78, 5) is 20.0. The van der Waals surface area contributed by atoms with Crippen molar-refractivity contribution in [1.82, 2.24) is 4.98 Å². The molecule has 3 aromatic carbocycles. The Morgan fingerprint density at radius 2 is 1.52 bits per heavy atom. The number of carbonyl (C=O) groups excluding carboxylic acids is 1. The molecule has 2 heterocycles. The maximum absolute atomic E-state index is 14.0. The molecule has 1 amide bonds. The van der Waals surface area contributed by atoms with Gasteiger partial charge >= 0.3 is 206 Å². The van der Waals surface area contributed by atoms with Crippen LogP contribution in [0.25, 0.3) is 11.1 Å². The molecular weight excluding hydrogens is 495 g/mol. The molecule has 1 saturated heterocycles. The van der Waals surface area contributed by atoms with E-state index < -0.39 is 4.31 Å². The number of aromatic nitrogens is 1. The molecule has 0 bridgehead atoms. The monoisotopic (exact) mass is 518 g/mol. The SMILES string of the molecule is O=C1N(c2ccc(-c3ccncc3)cc2)CCC1(Cc1ccc(Cl)cc1)[Se]c1ccccc1. The van der Waals surface area contributed by atoms with Crippen LogP contribution in [0.15, 0.2) is 103 Å². The standard InChI is InChI=1S/C28H23ClN2OSe/c29-24-10-6-21(7-11-24)20-28(33-26-4-2-1-3-5-26)16-19-31(27(28)32)25-12-8-22(9-13-25)23-14-17-30-18-15-23/h1-15,17-18H,16,19-20H2. The number of carbonyl (C=O) groups is 1. The second-order valence-electron chi connectivity index (χ2n) is 8.20. The quantitative estimate of drug-likeness (QED) is 0.313. The van der Waals surface area contributed by atoms with Crippen molar-refractivity contribution in [2.45, 2.75) is 17.2 Å². The van der Waals surface area contributed by atoms with Gasteiger partial charge < -0.3 is 0 Å². The second-order valence-corrected chi connectivity index (χ2v) is 11.7. The van der Waals surface area contributed by atoms with Crippen molar-refractivity contribution in [2.75, 3.05) is 11.4 Å². The van der Waals surface area contributed by atoms with Gasteiger partial charge in [-0.15, -0.1) is 0 Å². The molecule has 1 atom stereocenters. The summed E-state index contributed by atoms with van der Waals surface area (Å²) in [6.07, 6.45) is 5.16. The average Bonchev–Trinajstić information content (AvgIpc) is 3.17. The van der Waals surface area contributed by atoms with Gasteiger partial charge in [-0.3, -0.25) is 0 Å². The van der Waals surface area contributed by atoms with Crippen molar-refractivity contribution in [3.05, 3.63) is 114 Å². The number of anilines is 1. The fourth-order valence-electron chi connectivity index (χ4n) is 4.31. The van der Waals surface area contributed by atoms with E-state index in [0.29, 0.717) is 0 Å². The first-order valence-electron chi connectivity index (χ1n) is 10.9. The van der Waals surface area contributed by atoms with Crippen LogP contribution in [-0.2, 0) is 11.2 Å². The Morgan fingerprint density at radius 1 is 0.848 bits per heavy atom. The van der Waals surface area contributed by atoms with Crippen molar-refractivity contribution in [3.8, 4) is 11.1 Å². The van der Waals surface area contributed by atoms with Crippen LogP contribution in [0.1, 0.15) is 12.0 Å². The van der Waals surface area contributed by atoms with E-state index in [4.69, 9.17) is 11.6 Å². The molecule has 1 aliphatic heterocycles. The van der Waals surface area contributed by atoms with Crippen LogP contribution < -0.4 is 9.36 Å². The minimum absolute atomic E-state index is 0.0106. The molecule has 164 valence electrons. The van der Waals surface area contributed by atoms with Crippen molar-refractivity contribution < 1.29 is 4.79 Å². The van der Waals surface area contributed by atoms with Gasteiger partial charge in [-0.25, -0.2) is 0 Å². The Labute approximate surface area is 205 Å². The van der Waals surface area contributed by atoms with E-state index in [1.165, 1.54) is 4.46 Å². The number of halogens is 1. The molecule has 0 spiro atoms. The molecule has 1 aromatic heterocycles.